The molecule has 3 rings (SSSR count). The molecule has 1 amide bonds. The molecule has 0 radical (unpaired) electrons. The number of amides is 1. The Bertz CT molecular complexity index is 731. The van der Waals surface area contributed by atoms with Crippen molar-refractivity contribution in [2.24, 2.45) is 5.92 Å². The van der Waals surface area contributed by atoms with Crippen molar-refractivity contribution in [2.75, 3.05) is 19.8 Å². The Morgan fingerprint density at radius 1 is 1.31 bits per heavy atom. The van der Waals surface area contributed by atoms with E-state index in [9.17, 15) is 15.0 Å². The lowest BCUT2D eigenvalue weighted by atomic mass is 10.0. The molecule has 2 aromatic rings. The fourth-order valence-electron chi connectivity index (χ4n) is 3.13. The van der Waals surface area contributed by atoms with E-state index in [-0.39, 0.29) is 25.0 Å². The van der Waals surface area contributed by atoms with Crippen LogP contribution in [0.5, 0.6) is 0 Å². The van der Waals surface area contributed by atoms with Crippen LogP contribution in [0.25, 0.3) is 11.4 Å². The maximum atomic E-state index is 13.1. The summed E-state index contributed by atoms with van der Waals surface area (Å²) in [6, 6.07) is 8.95. The number of aliphatic hydroxyl groups is 2. The molecule has 3 atom stereocenters. The lowest BCUT2D eigenvalue weighted by Crippen LogP contribution is -2.58. The van der Waals surface area contributed by atoms with Crippen molar-refractivity contribution in [1.29, 1.82) is 0 Å². The fourth-order valence-corrected chi connectivity index (χ4v) is 3.13. The third-order valence-corrected chi connectivity index (χ3v) is 4.44. The molecule has 1 aromatic carbocycles. The smallest absolute Gasteiger partial charge is 0.272 e. The highest BCUT2D eigenvalue weighted by Gasteiger charge is 2.38. The number of carbonyl (C=O) groups is 1. The topological polar surface area (TPSA) is 98.7 Å². The van der Waals surface area contributed by atoms with Gasteiger partial charge in [0, 0.05) is 12.1 Å². The summed E-state index contributed by atoms with van der Waals surface area (Å²) in [4.78, 5) is 22.0. The zero-order valence-corrected chi connectivity index (χ0v) is 15.0. The molecule has 0 bridgehead atoms. The average Bonchev–Trinajstić information content (AvgIpc) is 3.12. The maximum Gasteiger partial charge on any atom is 0.272 e. The van der Waals surface area contributed by atoms with Gasteiger partial charge in [0.2, 0.25) is 0 Å². The molecule has 7 heteroatoms. The number of carbonyl (C=O) groups excluding carboxylic acids is 1. The Labute approximate surface area is 152 Å². The number of rotatable bonds is 5. The molecule has 0 unspecified atom stereocenters. The van der Waals surface area contributed by atoms with Crippen LogP contribution < -0.4 is 0 Å². The predicted octanol–water partition coefficient (Wildman–Crippen LogP) is 1.30. The highest BCUT2D eigenvalue weighted by atomic mass is 16.5. The van der Waals surface area contributed by atoms with Gasteiger partial charge < -0.3 is 24.8 Å². The Kier molecular flexibility index (Phi) is 5.70. The first-order chi connectivity index (χ1) is 12.5. The summed E-state index contributed by atoms with van der Waals surface area (Å²) in [5.41, 5.74) is 1.23. The third kappa shape index (κ3) is 3.95. The number of aromatic nitrogens is 2. The Balaban J connectivity index is 1.85. The number of H-pyrrole nitrogens is 1. The SMILES string of the molecule is CC(C)CN(C(=O)c1cnc(-c2ccccc2)[nH]1)[C@@H]1COC[C@@H](O)[C@H]1O. The van der Waals surface area contributed by atoms with Crippen molar-refractivity contribution in [1.82, 2.24) is 14.9 Å². The molecule has 0 spiro atoms. The van der Waals surface area contributed by atoms with Gasteiger partial charge in [0.1, 0.15) is 23.7 Å². The summed E-state index contributed by atoms with van der Waals surface area (Å²) in [6.45, 7) is 4.69. The first kappa shape index (κ1) is 18.6. The number of hydrogen-bond donors (Lipinski definition) is 3. The summed E-state index contributed by atoms with van der Waals surface area (Å²) < 4.78 is 5.36. The standard InChI is InChI=1S/C19H25N3O4/c1-12(2)9-22(15-10-26-11-16(23)17(15)24)19(25)14-8-20-18(21-14)13-6-4-3-5-7-13/h3-8,12,15-17,23-24H,9-11H2,1-2H3,(H,20,21)/t15-,16-,17+/m1/s1. The molecule has 1 aromatic heterocycles. The van der Waals surface area contributed by atoms with Crippen LogP contribution in [0.15, 0.2) is 36.5 Å². The second-order valence-electron chi connectivity index (χ2n) is 7.03. The zero-order valence-electron chi connectivity index (χ0n) is 15.0. The molecule has 1 saturated heterocycles. The van der Waals surface area contributed by atoms with Gasteiger partial charge >= 0.3 is 0 Å². The molecule has 140 valence electrons. The minimum Gasteiger partial charge on any atom is -0.388 e. The molecule has 1 fully saturated rings. The first-order valence-corrected chi connectivity index (χ1v) is 8.82. The summed E-state index contributed by atoms with van der Waals surface area (Å²) in [5, 5.41) is 20.3. The maximum absolute atomic E-state index is 13.1. The second-order valence-corrected chi connectivity index (χ2v) is 7.03. The molecular weight excluding hydrogens is 334 g/mol. The van der Waals surface area contributed by atoms with Crippen molar-refractivity contribution in [3.63, 3.8) is 0 Å². The van der Waals surface area contributed by atoms with Crippen LogP contribution in [-0.4, -0.2) is 69.0 Å². The number of nitrogens with zero attached hydrogens (tertiary/aromatic N) is 2. The molecule has 0 saturated carbocycles. The lowest BCUT2D eigenvalue weighted by Gasteiger charge is -2.40. The van der Waals surface area contributed by atoms with E-state index in [2.05, 4.69) is 9.97 Å². The molecule has 2 heterocycles. The molecular formula is C19H25N3O4. The number of aliphatic hydroxyl groups excluding tert-OH is 2. The van der Waals surface area contributed by atoms with Gasteiger partial charge in [-0.15, -0.1) is 0 Å². The highest BCUT2D eigenvalue weighted by Crippen LogP contribution is 2.21. The Hall–Kier alpha value is -2.22. The van der Waals surface area contributed by atoms with Crippen LogP contribution in [-0.2, 0) is 4.74 Å². The normalized spacial score (nSPS) is 23.2. The summed E-state index contributed by atoms with van der Waals surface area (Å²) in [7, 11) is 0. The highest BCUT2D eigenvalue weighted by molar-refractivity contribution is 5.93. The Morgan fingerprint density at radius 3 is 2.73 bits per heavy atom. The monoisotopic (exact) mass is 359 g/mol. The largest absolute Gasteiger partial charge is 0.388 e. The number of imidazole rings is 1. The zero-order chi connectivity index (χ0) is 18.7. The number of hydrogen-bond acceptors (Lipinski definition) is 5. The fraction of sp³-hybridized carbons (Fsp3) is 0.474. The quantitative estimate of drug-likeness (QED) is 0.747. The second kappa shape index (κ2) is 7.99. The van der Waals surface area contributed by atoms with Gasteiger partial charge in [0.15, 0.2) is 0 Å². The van der Waals surface area contributed by atoms with Gasteiger partial charge in [-0.3, -0.25) is 4.79 Å². The summed E-state index contributed by atoms with van der Waals surface area (Å²) in [6.07, 6.45) is -0.536. The van der Waals surface area contributed by atoms with Crippen molar-refractivity contribution < 1.29 is 19.7 Å². The summed E-state index contributed by atoms with van der Waals surface area (Å²) >= 11 is 0. The predicted molar refractivity (Wildman–Crippen MR) is 96.5 cm³/mol. The molecule has 3 N–H and O–H groups in total. The molecule has 7 nitrogen and oxygen atoms in total. The van der Waals surface area contributed by atoms with E-state index in [1.165, 1.54) is 6.20 Å². The van der Waals surface area contributed by atoms with E-state index in [0.29, 0.717) is 18.1 Å². The van der Waals surface area contributed by atoms with Gasteiger partial charge in [-0.2, -0.15) is 0 Å². The first-order valence-electron chi connectivity index (χ1n) is 8.82. The molecule has 0 aliphatic carbocycles. The van der Waals surface area contributed by atoms with Gasteiger partial charge in [0.05, 0.1) is 25.5 Å². The minimum absolute atomic E-state index is 0.0730. The minimum atomic E-state index is -1.04. The van der Waals surface area contributed by atoms with Crippen LogP contribution in [0.1, 0.15) is 24.3 Å². The van der Waals surface area contributed by atoms with Crippen LogP contribution in [0.3, 0.4) is 0 Å². The van der Waals surface area contributed by atoms with E-state index in [0.717, 1.165) is 5.56 Å². The van der Waals surface area contributed by atoms with Crippen molar-refractivity contribution in [3.8, 4) is 11.4 Å². The van der Waals surface area contributed by atoms with Crippen LogP contribution in [0.4, 0.5) is 0 Å². The number of ether oxygens (including phenoxy) is 1. The van der Waals surface area contributed by atoms with Gasteiger partial charge in [-0.1, -0.05) is 44.2 Å². The lowest BCUT2D eigenvalue weighted by molar-refractivity contribution is -0.126. The van der Waals surface area contributed by atoms with Crippen LogP contribution >= 0.6 is 0 Å². The van der Waals surface area contributed by atoms with Gasteiger partial charge in [0.25, 0.3) is 5.91 Å². The van der Waals surface area contributed by atoms with E-state index in [1.54, 1.807) is 4.90 Å². The van der Waals surface area contributed by atoms with Crippen molar-refractivity contribution in [2.45, 2.75) is 32.1 Å². The summed E-state index contributed by atoms with van der Waals surface area (Å²) in [5.74, 6) is 0.538. The Morgan fingerprint density at radius 2 is 2.04 bits per heavy atom. The van der Waals surface area contributed by atoms with Crippen LogP contribution in [0, 0.1) is 5.92 Å². The third-order valence-electron chi connectivity index (χ3n) is 4.44. The van der Waals surface area contributed by atoms with Crippen molar-refractivity contribution >= 4 is 5.91 Å². The van der Waals surface area contributed by atoms with Gasteiger partial charge in [-0.25, -0.2) is 4.98 Å². The van der Waals surface area contributed by atoms with E-state index in [4.69, 9.17) is 4.74 Å². The molecule has 1 aliphatic heterocycles. The number of benzene rings is 1. The number of aromatic amines is 1. The number of nitrogens with one attached hydrogen (secondary N) is 1. The van der Waals surface area contributed by atoms with Crippen LogP contribution in [0.2, 0.25) is 0 Å². The van der Waals surface area contributed by atoms with Crippen molar-refractivity contribution in [3.05, 3.63) is 42.2 Å². The van der Waals surface area contributed by atoms with Gasteiger partial charge in [-0.05, 0) is 5.92 Å². The van der Waals surface area contributed by atoms with E-state index < -0.39 is 18.2 Å². The molecule has 1 aliphatic rings. The average molecular weight is 359 g/mol. The van der Waals surface area contributed by atoms with E-state index in [1.807, 2.05) is 44.2 Å². The molecule has 26 heavy (non-hydrogen) atoms. The van der Waals surface area contributed by atoms with E-state index >= 15 is 0 Å².